The maximum absolute atomic E-state index is 5.81. The van der Waals surface area contributed by atoms with Gasteiger partial charge >= 0.3 is 0 Å². The SMILES string of the molecule is Cc1cnc(N)nc1-c1ccc(Cl)cc1. The topological polar surface area (TPSA) is 51.8 Å². The summed E-state index contributed by atoms with van der Waals surface area (Å²) < 4.78 is 0. The number of anilines is 1. The summed E-state index contributed by atoms with van der Waals surface area (Å²) in [6.45, 7) is 1.95. The van der Waals surface area contributed by atoms with Crippen molar-refractivity contribution in [1.82, 2.24) is 9.97 Å². The molecule has 2 aromatic rings. The van der Waals surface area contributed by atoms with Crippen LogP contribution in [-0.4, -0.2) is 9.97 Å². The molecule has 3 nitrogen and oxygen atoms in total. The highest BCUT2D eigenvalue weighted by atomic mass is 35.5. The van der Waals surface area contributed by atoms with E-state index in [9.17, 15) is 0 Å². The number of benzene rings is 1. The molecule has 76 valence electrons. The third-order valence-electron chi connectivity index (χ3n) is 2.11. The van der Waals surface area contributed by atoms with Crippen molar-refractivity contribution in [3.63, 3.8) is 0 Å². The van der Waals surface area contributed by atoms with E-state index in [-0.39, 0.29) is 5.95 Å². The smallest absolute Gasteiger partial charge is 0.220 e. The van der Waals surface area contributed by atoms with Crippen LogP contribution in [0.4, 0.5) is 5.95 Å². The first kappa shape index (κ1) is 9.93. The van der Waals surface area contributed by atoms with E-state index in [1.807, 2.05) is 31.2 Å². The third kappa shape index (κ3) is 2.07. The molecule has 0 fully saturated rings. The number of rotatable bonds is 1. The fraction of sp³-hybridized carbons (Fsp3) is 0.0909. The lowest BCUT2D eigenvalue weighted by Gasteiger charge is -2.05. The second kappa shape index (κ2) is 3.87. The molecule has 15 heavy (non-hydrogen) atoms. The molecule has 0 aliphatic heterocycles. The van der Waals surface area contributed by atoms with Gasteiger partial charge in [0.05, 0.1) is 5.69 Å². The Labute approximate surface area is 92.9 Å². The Bertz CT molecular complexity index is 480. The van der Waals surface area contributed by atoms with Crippen LogP contribution in [0.1, 0.15) is 5.56 Å². The number of nitrogen functional groups attached to an aromatic ring is 1. The Balaban J connectivity index is 2.53. The zero-order valence-corrected chi connectivity index (χ0v) is 8.99. The normalized spacial score (nSPS) is 10.3. The highest BCUT2D eigenvalue weighted by Gasteiger charge is 2.04. The van der Waals surface area contributed by atoms with Gasteiger partial charge in [0.2, 0.25) is 5.95 Å². The fourth-order valence-corrected chi connectivity index (χ4v) is 1.48. The van der Waals surface area contributed by atoms with Crippen molar-refractivity contribution in [2.24, 2.45) is 0 Å². The van der Waals surface area contributed by atoms with E-state index in [4.69, 9.17) is 17.3 Å². The Morgan fingerprint density at radius 3 is 2.53 bits per heavy atom. The number of nitrogens with two attached hydrogens (primary N) is 1. The first-order valence-corrected chi connectivity index (χ1v) is 4.89. The van der Waals surface area contributed by atoms with E-state index in [1.165, 1.54) is 0 Å². The molecule has 2 N–H and O–H groups in total. The molecular weight excluding hydrogens is 210 g/mol. The molecule has 0 saturated heterocycles. The Morgan fingerprint density at radius 1 is 1.20 bits per heavy atom. The summed E-state index contributed by atoms with van der Waals surface area (Å²) in [4.78, 5) is 8.12. The van der Waals surface area contributed by atoms with Gasteiger partial charge in [0, 0.05) is 16.8 Å². The maximum atomic E-state index is 5.81. The quantitative estimate of drug-likeness (QED) is 0.802. The summed E-state index contributed by atoms with van der Waals surface area (Å²) in [5, 5.41) is 0.707. The first-order valence-electron chi connectivity index (χ1n) is 4.52. The largest absolute Gasteiger partial charge is 0.368 e. The van der Waals surface area contributed by atoms with Gasteiger partial charge in [-0.2, -0.15) is 0 Å². The molecule has 0 atom stereocenters. The highest BCUT2D eigenvalue weighted by molar-refractivity contribution is 6.30. The molecule has 4 heteroatoms. The molecule has 1 aromatic carbocycles. The zero-order chi connectivity index (χ0) is 10.8. The van der Waals surface area contributed by atoms with Crippen molar-refractivity contribution in [2.45, 2.75) is 6.92 Å². The van der Waals surface area contributed by atoms with Crippen molar-refractivity contribution in [3.05, 3.63) is 41.0 Å². The van der Waals surface area contributed by atoms with Gasteiger partial charge in [0.25, 0.3) is 0 Å². The molecule has 0 amide bonds. The number of aromatic nitrogens is 2. The van der Waals surface area contributed by atoms with Gasteiger partial charge in [-0.15, -0.1) is 0 Å². The van der Waals surface area contributed by atoms with E-state index in [2.05, 4.69) is 9.97 Å². The minimum Gasteiger partial charge on any atom is -0.368 e. The average Bonchev–Trinajstić information content (AvgIpc) is 2.23. The van der Waals surface area contributed by atoms with Gasteiger partial charge in [0.15, 0.2) is 0 Å². The molecule has 0 unspecified atom stereocenters. The lowest BCUT2D eigenvalue weighted by molar-refractivity contribution is 1.15. The standard InChI is InChI=1S/C11H10ClN3/c1-7-6-14-11(13)15-10(7)8-2-4-9(12)5-3-8/h2-6H,1H3,(H2,13,14,15). The predicted molar refractivity (Wildman–Crippen MR) is 61.6 cm³/mol. The molecule has 0 bridgehead atoms. The number of hydrogen-bond acceptors (Lipinski definition) is 3. The molecule has 2 rings (SSSR count). The van der Waals surface area contributed by atoms with Crippen LogP contribution in [0.3, 0.4) is 0 Å². The van der Waals surface area contributed by atoms with E-state index in [0.717, 1.165) is 16.8 Å². The monoisotopic (exact) mass is 219 g/mol. The van der Waals surface area contributed by atoms with Crippen LogP contribution in [0.15, 0.2) is 30.5 Å². The minimum atomic E-state index is 0.283. The van der Waals surface area contributed by atoms with Gasteiger partial charge in [-0.05, 0) is 24.6 Å². The Morgan fingerprint density at radius 2 is 1.87 bits per heavy atom. The van der Waals surface area contributed by atoms with Crippen molar-refractivity contribution >= 4 is 17.5 Å². The van der Waals surface area contributed by atoms with Crippen LogP contribution < -0.4 is 5.73 Å². The van der Waals surface area contributed by atoms with Crippen molar-refractivity contribution in [3.8, 4) is 11.3 Å². The number of halogens is 1. The molecule has 1 aromatic heterocycles. The summed E-state index contributed by atoms with van der Waals surface area (Å²) >= 11 is 5.81. The van der Waals surface area contributed by atoms with Gasteiger partial charge in [-0.1, -0.05) is 23.7 Å². The third-order valence-corrected chi connectivity index (χ3v) is 2.36. The lowest BCUT2D eigenvalue weighted by Crippen LogP contribution is -1.97. The molecule has 0 aliphatic rings. The second-order valence-corrected chi connectivity index (χ2v) is 3.70. The summed E-state index contributed by atoms with van der Waals surface area (Å²) in [7, 11) is 0. The van der Waals surface area contributed by atoms with E-state index >= 15 is 0 Å². The second-order valence-electron chi connectivity index (χ2n) is 3.27. The van der Waals surface area contributed by atoms with Crippen molar-refractivity contribution in [1.29, 1.82) is 0 Å². The molecule has 0 saturated carbocycles. The van der Waals surface area contributed by atoms with Crippen LogP contribution in [0.25, 0.3) is 11.3 Å². The summed E-state index contributed by atoms with van der Waals surface area (Å²) in [6.07, 6.45) is 1.71. The van der Waals surface area contributed by atoms with Crippen molar-refractivity contribution < 1.29 is 0 Å². The van der Waals surface area contributed by atoms with Gasteiger partial charge < -0.3 is 5.73 Å². The summed E-state index contributed by atoms with van der Waals surface area (Å²) in [5.41, 5.74) is 8.38. The molecule has 1 heterocycles. The van der Waals surface area contributed by atoms with Crippen LogP contribution in [0.5, 0.6) is 0 Å². The predicted octanol–water partition coefficient (Wildman–Crippen LogP) is 2.69. The van der Waals surface area contributed by atoms with Crippen molar-refractivity contribution in [2.75, 3.05) is 5.73 Å². The number of aryl methyl sites for hydroxylation is 1. The molecule has 0 radical (unpaired) electrons. The Kier molecular flexibility index (Phi) is 2.56. The highest BCUT2D eigenvalue weighted by Crippen LogP contribution is 2.22. The van der Waals surface area contributed by atoms with Crippen LogP contribution in [-0.2, 0) is 0 Å². The zero-order valence-electron chi connectivity index (χ0n) is 8.24. The number of hydrogen-bond donors (Lipinski definition) is 1. The lowest BCUT2D eigenvalue weighted by atomic mass is 10.1. The van der Waals surface area contributed by atoms with E-state index in [0.29, 0.717) is 5.02 Å². The Hall–Kier alpha value is -1.61. The maximum Gasteiger partial charge on any atom is 0.220 e. The molecular formula is C11H10ClN3. The number of nitrogens with zero attached hydrogens (tertiary/aromatic N) is 2. The summed E-state index contributed by atoms with van der Waals surface area (Å²) in [5.74, 6) is 0.283. The summed E-state index contributed by atoms with van der Waals surface area (Å²) in [6, 6.07) is 7.48. The van der Waals surface area contributed by atoms with E-state index < -0.39 is 0 Å². The van der Waals surface area contributed by atoms with Crippen LogP contribution in [0, 0.1) is 6.92 Å². The van der Waals surface area contributed by atoms with Gasteiger partial charge in [0.1, 0.15) is 0 Å². The fourth-order valence-electron chi connectivity index (χ4n) is 1.36. The van der Waals surface area contributed by atoms with Gasteiger partial charge in [-0.3, -0.25) is 0 Å². The van der Waals surface area contributed by atoms with E-state index in [1.54, 1.807) is 6.20 Å². The van der Waals surface area contributed by atoms with Crippen LogP contribution in [0.2, 0.25) is 5.02 Å². The molecule has 0 spiro atoms. The average molecular weight is 220 g/mol. The molecule has 0 aliphatic carbocycles. The van der Waals surface area contributed by atoms with Gasteiger partial charge in [-0.25, -0.2) is 9.97 Å². The first-order chi connectivity index (χ1) is 7.16. The van der Waals surface area contributed by atoms with Crippen LogP contribution >= 0.6 is 11.6 Å². The minimum absolute atomic E-state index is 0.283.